The molecule has 1 amide bonds. The van der Waals surface area contributed by atoms with Crippen LogP contribution in [0.5, 0.6) is 0 Å². The van der Waals surface area contributed by atoms with Gasteiger partial charge in [-0.1, -0.05) is 13.8 Å². The second-order valence-corrected chi connectivity index (χ2v) is 9.23. The molecule has 0 radical (unpaired) electrons. The van der Waals surface area contributed by atoms with Gasteiger partial charge in [-0.2, -0.15) is 0 Å². The molecule has 1 aliphatic rings. The van der Waals surface area contributed by atoms with Crippen LogP contribution in [0, 0.1) is 0 Å². The first kappa shape index (κ1) is 17.3. The van der Waals surface area contributed by atoms with Gasteiger partial charge in [0.05, 0.1) is 11.5 Å². The highest BCUT2D eigenvalue weighted by Crippen LogP contribution is 2.34. The van der Waals surface area contributed by atoms with Gasteiger partial charge in [0.25, 0.3) is 5.91 Å². The second kappa shape index (κ2) is 5.96. The van der Waals surface area contributed by atoms with Crippen LogP contribution in [0.1, 0.15) is 26.7 Å². The Kier molecular flexibility index (Phi) is 5.17. The number of hydroxylamine groups is 1. The van der Waals surface area contributed by atoms with Crippen molar-refractivity contribution in [1.82, 2.24) is 9.79 Å². The molecule has 0 saturated carbocycles. The molecule has 1 heterocycles. The van der Waals surface area contributed by atoms with Crippen molar-refractivity contribution in [3.63, 3.8) is 0 Å². The van der Waals surface area contributed by atoms with Crippen LogP contribution in [-0.4, -0.2) is 61.6 Å². The molecule has 2 N–H and O–H groups in total. The van der Waals surface area contributed by atoms with E-state index in [0.717, 1.165) is 4.31 Å². The Hall–Kier alpha value is -0.710. The molecule has 1 rings (SSSR count). The molecular formula is C10H20N2O6S2. The Morgan fingerprint density at radius 2 is 1.70 bits per heavy atom. The predicted molar refractivity (Wildman–Crippen MR) is 72.4 cm³/mol. The highest BCUT2D eigenvalue weighted by Gasteiger charge is 2.55. The molecule has 0 aromatic heterocycles. The smallest absolute Gasteiger partial charge is 0.266 e. The maximum Gasteiger partial charge on any atom is 0.266 e. The van der Waals surface area contributed by atoms with E-state index in [0.29, 0.717) is 0 Å². The molecule has 20 heavy (non-hydrogen) atoms. The number of amides is 1. The van der Waals surface area contributed by atoms with E-state index in [-0.39, 0.29) is 37.4 Å². The van der Waals surface area contributed by atoms with Crippen LogP contribution in [0.25, 0.3) is 0 Å². The third kappa shape index (κ3) is 2.83. The van der Waals surface area contributed by atoms with Gasteiger partial charge in [-0.05, 0) is 12.8 Å². The van der Waals surface area contributed by atoms with E-state index >= 15 is 0 Å². The average Bonchev–Trinajstić information content (AvgIpc) is 2.39. The minimum absolute atomic E-state index is 0.173. The zero-order valence-electron chi connectivity index (χ0n) is 11.5. The van der Waals surface area contributed by atoms with Crippen LogP contribution in [0.4, 0.5) is 0 Å². The molecule has 0 aromatic carbocycles. The number of sulfone groups is 1. The van der Waals surface area contributed by atoms with Crippen molar-refractivity contribution in [1.29, 1.82) is 0 Å². The zero-order valence-corrected chi connectivity index (χ0v) is 13.1. The maximum atomic E-state index is 12.6. The maximum absolute atomic E-state index is 12.6. The lowest BCUT2D eigenvalue weighted by molar-refractivity contribution is -0.132. The minimum Gasteiger partial charge on any atom is -0.289 e. The van der Waals surface area contributed by atoms with Crippen LogP contribution in [0.2, 0.25) is 0 Å². The van der Waals surface area contributed by atoms with Gasteiger partial charge in [0, 0.05) is 13.1 Å². The van der Waals surface area contributed by atoms with Gasteiger partial charge in [0.1, 0.15) is 9.84 Å². The number of nitrogens with one attached hydrogen (secondary N) is 1. The fraction of sp³-hybridized carbons (Fsp3) is 0.900. The third-order valence-corrected chi connectivity index (χ3v) is 8.12. The second-order valence-electron chi connectivity index (χ2n) is 4.68. The first-order valence-corrected chi connectivity index (χ1v) is 9.57. The van der Waals surface area contributed by atoms with Crippen molar-refractivity contribution >= 4 is 25.8 Å². The summed E-state index contributed by atoms with van der Waals surface area (Å²) in [6.45, 7) is 3.61. The van der Waals surface area contributed by atoms with E-state index in [1.807, 2.05) is 0 Å². The fourth-order valence-electron chi connectivity index (χ4n) is 2.38. The summed E-state index contributed by atoms with van der Waals surface area (Å²) in [5.41, 5.74) is 1.37. The van der Waals surface area contributed by atoms with Crippen molar-refractivity contribution < 1.29 is 26.8 Å². The Labute approximate surface area is 119 Å². The SMILES string of the molecule is CCN(CC)S(=O)(=O)C1(C(=O)NO)CCS(=O)(=O)CC1. The molecule has 0 spiro atoms. The quantitative estimate of drug-likeness (QED) is 0.499. The highest BCUT2D eigenvalue weighted by atomic mass is 32.2. The predicted octanol–water partition coefficient (Wildman–Crippen LogP) is -0.889. The first-order chi connectivity index (χ1) is 9.16. The Balaban J connectivity index is 3.31. The van der Waals surface area contributed by atoms with E-state index in [9.17, 15) is 21.6 Å². The minimum atomic E-state index is -4.05. The van der Waals surface area contributed by atoms with E-state index in [4.69, 9.17) is 5.21 Å². The van der Waals surface area contributed by atoms with Crippen LogP contribution in [-0.2, 0) is 24.7 Å². The summed E-state index contributed by atoms with van der Waals surface area (Å²) >= 11 is 0. The average molecular weight is 328 g/mol. The topological polar surface area (TPSA) is 121 Å². The molecule has 118 valence electrons. The molecule has 0 bridgehead atoms. The summed E-state index contributed by atoms with van der Waals surface area (Å²) in [5, 5.41) is 8.84. The van der Waals surface area contributed by atoms with Crippen molar-refractivity contribution in [3.05, 3.63) is 0 Å². The summed E-state index contributed by atoms with van der Waals surface area (Å²) in [6, 6.07) is 0. The lowest BCUT2D eigenvalue weighted by atomic mass is 10.0. The van der Waals surface area contributed by atoms with Gasteiger partial charge in [0.2, 0.25) is 10.0 Å². The normalized spacial score (nSPS) is 21.6. The van der Waals surface area contributed by atoms with Gasteiger partial charge in [-0.15, -0.1) is 0 Å². The van der Waals surface area contributed by atoms with Crippen LogP contribution in [0.15, 0.2) is 0 Å². The molecule has 0 aromatic rings. The molecule has 10 heteroatoms. The molecule has 1 saturated heterocycles. The van der Waals surface area contributed by atoms with Crippen LogP contribution >= 0.6 is 0 Å². The third-order valence-electron chi connectivity index (χ3n) is 3.69. The summed E-state index contributed by atoms with van der Waals surface area (Å²) in [4.78, 5) is 11.9. The zero-order chi connectivity index (χ0) is 15.6. The van der Waals surface area contributed by atoms with Gasteiger partial charge >= 0.3 is 0 Å². The number of hydrogen-bond acceptors (Lipinski definition) is 6. The molecular weight excluding hydrogens is 308 g/mol. The fourth-order valence-corrected chi connectivity index (χ4v) is 6.34. The van der Waals surface area contributed by atoms with Crippen LogP contribution in [0.3, 0.4) is 0 Å². The summed E-state index contributed by atoms with van der Waals surface area (Å²) in [6.07, 6.45) is -0.693. The molecule has 0 aliphatic carbocycles. The molecule has 0 atom stereocenters. The molecule has 1 aliphatic heterocycles. The van der Waals surface area contributed by atoms with Gasteiger partial charge in [-0.3, -0.25) is 10.0 Å². The Bertz CT molecular complexity index is 551. The number of sulfonamides is 1. The van der Waals surface area contributed by atoms with Crippen molar-refractivity contribution in [2.24, 2.45) is 0 Å². The lowest BCUT2D eigenvalue weighted by Crippen LogP contribution is -2.60. The van der Waals surface area contributed by atoms with Crippen LogP contribution < -0.4 is 5.48 Å². The van der Waals surface area contributed by atoms with Crippen molar-refractivity contribution in [2.75, 3.05) is 24.6 Å². The lowest BCUT2D eigenvalue weighted by Gasteiger charge is -2.37. The number of carbonyl (C=O) groups excluding carboxylic acids is 1. The Morgan fingerprint density at radius 3 is 2.05 bits per heavy atom. The van der Waals surface area contributed by atoms with Crippen molar-refractivity contribution in [2.45, 2.75) is 31.4 Å². The summed E-state index contributed by atoms with van der Waals surface area (Å²) in [7, 11) is -7.39. The van der Waals surface area contributed by atoms with E-state index < -0.39 is 30.5 Å². The Morgan fingerprint density at radius 1 is 1.25 bits per heavy atom. The largest absolute Gasteiger partial charge is 0.289 e. The molecule has 0 unspecified atom stereocenters. The number of nitrogens with zero attached hydrogens (tertiary/aromatic N) is 1. The van der Waals surface area contributed by atoms with Gasteiger partial charge < -0.3 is 0 Å². The van der Waals surface area contributed by atoms with E-state index in [1.54, 1.807) is 13.8 Å². The first-order valence-electron chi connectivity index (χ1n) is 6.31. The summed E-state index contributed by atoms with van der Waals surface area (Å²) in [5.74, 6) is -1.85. The summed E-state index contributed by atoms with van der Waals surface area (Å²) < 4.78 is 47.4. The molecule has 8 nitrogen and oxygen atoms in total. The van der Waals surface area contributed by atoms with Gasteiger partial charge in [0.15, 0.2) is 4.75 Å². The van der Waals surface area contributed by atoms with Gasteiger partial charge in [-0.25, -0.2) is 26.6 Å². The number of carbonyl (C=O) groups is 1. The van der Waals surface area contributed by atoms with Crippen molar-refractivity contribution in [3.8, 4) is 0 Å². The highest BCUT2D eigenvalue weighted by molar-refractivity contribution is 7.93. The standard InChI is InChI=1S/C10H20N2O6S2/c1-3-12(4-2)20(17,18)10(9(13)11-14)5-7-19(15,16)8-6-10/h14H,3-8H2,1-2H3,(H,11,13). The number of hydrogen-bond donors (Lipinski definition) is 2. The molecule has 1 fully saturated rings. The van der Waals surface area contributed by atoms with E-state index in [2.05, 4.69) is 0 Å². The monoisotopic (exact) mass is 328 g/mol. The number of rotatable bonds is 5. The van der Waals surface area contributed by atoms with E-state index in [1.165, 1.54) is 5.48 Å².